The second-order valence-electron chi connectivity index (χ2n) is 7.70. The predicted octanol–water partition coefficient (Wildman–Crippen LogP) is 1.06. The molecule has 0 unspecified atom stereocenters. The van der Waals surface area contributed by atoms with E-state index in [-0.39, 0.29) is 38.9 Å². The average Bonchev–Trinajstić information content (AvgIpc) is 2.84. The van der Waals surface area contributed by atoms with Crippen molar-refractivity contribution in [1.82, 2.24) is 9.13 Å². The number of hydrogen-bond acceptors (Lipinski definition) is 8. The third-order valence-corrected chi connectivity index (χ3v) is 5.60. The van der Waals surface area contributed by atoms with Gasteiger partial charge in [-0.2, -0.15) is 0 Å². The SMILES string of the molecule is CCn1cc(C(N)=O)c(=O)c2c(O)c(O)ccc21.CCn1cc(C(N)=O)c(=O)c2ccc(O)c(O)c21. The largest absolute Gasteiger partial charge is 0.504 e. The molecule has 4 rings (SSSR count). The Hall–Kier alpha value is -5.00. The number of carbonyl (C=O) groups excluding carboxylic acids is 2. The summed E-state index contributed by atoms with van der Waals surface area (Å²) in [6.07, 6.45) is 2.63. The van der Waals surface area contributed by atoms with E-state index < -0.39 is 34.2 Å². The molecule has 8 N–H and O–H groups in total. The molecular formula is C24H24N4O8. The smallest absolute Gasteiger partial charge is 0.254 e. The van der Waals surface area contributed by atoms with Crippen LogP contribution >= 0.6 is 0 Å². The van der Waals surface area contributed by atoms with Crippen molar-refractivity contribution >= 4 is 33.6 Å². The van der Waals surface area contributed by atoms with Gasteiger partial charge in [0.1, 0.15) is 11.1 Å². The lowest BCUT2D eigenvalue weighted by atomic mass is 10.1. The number of fused-ring (bicyclic) bond motifs is 2. The predicted molar refractivity (Wildman–Crippen MR) is 131 cm³/mol. The Morgan fingerprint density at radius 3 is 1.81 bits per heavy atom. The van der Waals surface area contributed by atoms with E-state index in [1.165, 1.54) is 41.2 Å². The third-order valence-electron chi connectivity index (χ3n) is 5.60. The van der Waals surface area contributed by atoms with Crippen LogP contribution in [0.1, 0.15) is 34.6 Å². The van der Waals surface area contributed by atoms with E-state index in [0.29, 0.717) is 18.6 Å². The van der Waals surface area contributed by atoms with Crippen LogP contribution in [0, 0.1) is 0 Å². The van der Waals surface area contributed by atoms with E-state index in [4.69, 9.17) is 11.5 Å². The van der Waals surface area contributed by atoms with Gasteiger partial charge in [-0.15, -0.1) is 0 Å². The van der Waals surface area contributed by atoms with Crippen molar-refractivity contribution in [2.75, 3.05) is 0 Å². The number of aryl methyl sites for hydroxylation is 2. The number of hydrogen-bond donors (Lipinski definition) is 6. The highest BCUT2D eigenvalue weighted by Gasteiger charge is 2.18. The summed E-state index contributed by atoms with van der Waals surface area (Å²) >= 11 is 0. The quantitative estimate of drug-likeness (QED) is 0.224. The van der Waals surface area contributed by atoms with Crippen LogP contribution in [-0.4, -0.2) is 41.4 Å². The number of nitrogens with zero attached hydrogens (tertiary/aromatic N) is 2. The van der Waals surface area contributed by atoms with Gasteiger partial charge < -0.3 is 41.0 Å². The summed E-state index contributed by atoms with van der Waals surface area (Å²) in [5.74, 6) is -3.35. The zero-order valence-corrected chi connectivity index (χ0v) is 19.3. The van der Waals surface area contributed by atoms with Crippen LogP contribution in [0.15, 0.2) is 46.2 Å². The molecule has 188 valence electrons. The van der Waals surface area contributed by atoms with E-state index in [1.807, 2.05) is 6.92 Å². The molecule has 0 aliphatic rings. The fraction of sp³-hybridized carbons (Fsp3) is 0.167. The van der Waals surface area contributed by atoms with Gasteiger partial charge in [0.2, 0.25) is 10.9 Å². The minimum Gasteiger partial charge on any atom is -0.504 e. The average molecular weight is 496 g/mol. The van der Waals surface area contributed by atoms with Crippen LogP contribution in [-0.2, 0) is 13.1 Å². The molecule has 36 heavy (non-hydrogen) atoms. The van der Waals surface area contributed by atoms with Crippen molar-refractivity contribution in [2.45, 2.75) is 26.9 Å². The Labute approximate surface area is 202 Å². The second-order valence-corrected chi connectivity index (χ2v) is 7.70. The fourth-order valence-corrected chi connectivity index (χ4v) is 3.78. The molecule has 2 aromatic heterocycles. The first-order chi connectivity index (χ1) is 16.9. The van der Waals surface area contributed by atoms with E-state index in [1.54, 1.807) is 11.5 Å². The second kappa shape index (κ2) is 9.70. The van der Waals surface area contributed by atoms with Gasteiger partial charge in [0.25, 0.3) is 11.8 Å². The maximum Gasteiger partial charge on any atom is 0.254 e. The zero-order chi connectivity index (χ0) is 26.9. The molecule has 0 spiro atoms. The summed E-state index contributed by atoms with van der Waals surface area (Å²) in [6, 6.07) is 5.34. The Kier molecular flexibility index (Phi) is 6.90. The molecule has 4 aromatic rings. The number of benzene rings is 2. The topological polar surface area (TPSA) is 211 Å². The van der Waals surface area contributed by atoms with Crippen molar-refractivity contribution in [2.24, 2.45) is 11.5 Å². The number of phenols is 4. The molecule has 2 heterocycles. The highest BCUT2D eigenvalue weighted by molar-refractivity contribution is 5.99. The molecule has 0 aliphatic carbocycles. The number of carbonyl (C=O) groups is 2. The molecule has 0 bridgehead atoms. The Bertz CT molecular complexity index is 1650. The van der Waals surface area contributed by atoms with Crippen molar-refractivity contribution < 1.29 is 30.0 Å². The van der Waals surface area contributed by atoms with E-state index >= 15 is 0 Å². The Morgan fingerprint density at radius 1 is 0.750 bits per heavy atom. The lowest BCUT2D eigenvalue weighted by molar-refractivity contribution is 0.0990. The first-order valence-corrected chi connectivity index (χ1v) is 10.7. The van der Waals surface area contributed by atoms with Crippen LogP contribution in [0.4, 0.5) is 0 Å². The zero-order valence-electron chi connectivity index (χ0n) is 19.3. The number of rotatable bonds is 4. The molecule has 0 aliphatic heterocycles. The van der Waals surface area contributed by atoms with Crippen molar-refractivity contribution in [3.8, 4) is 23.0 Å². The van der Waals surface area contributed by atoms with Crippen LogP contribution in [0.5, 0.6) is 23.0 Å². The summed E-state index contributed by atoms with van der Waals surface area (Å²) < 4.78 is 3.10. The van der Waals surface area contributed by atoms with Crippen LogP contribution in [0.25, 0.3) is 21.8 Å². The third kappa shape index (κ3) is 4.27. The summed E-state index contributed by atoms with van der Waals surface area (Å²) in [5, 5.41) is 38.5. The molecule has 0 saturated carbocycles. The van der Waals surface area contributed by atoms with Crippen molar-refractivity contribution in [3.05, 3.63) is 68.2 Å². The lowest BCUT2D eigenvalue weighted by Gasteiger charge is -2.12. The fourth-order valence-electron chi connectivity index (χ4n) is 3.78. The Balaban J connectivity index is 0.000000201. The van der Waals surface area contributed by atoms with E-state index in [0.717, 1.165) is 0 Å². The van der Waals surface area contributed by atoms with Crippen molar-refractivity contribution in [3.63, 3.8) is 0 Å². The van der Waals surface area contributed by atoms with E-state index in [9.17, 15) is 39.6 Å². The van der Waals surface area contributed by atoms with Crippen LogP contribution in [0.3, 0.4) is 0 Å². The molecule has 12 heteroatoms. The van der Waals surface area contributed by atoms with E-state index in [2.05, 4.69) is 0 Å². The van der Waals surface area contributed by atoms with Gasteiger partial charge in [0, 0.05) is 25.5 Å². The summed E-state index contributed by atoms with van der Waals surface area (Å²) in [5.41, 5.74) is 9.27. The van der Waals surface area contributed by atoms with Gasteiger partial charge in [0.15, 0.2) is 23.0 Å². The highest BCUT2D eigenvalue weighted by atomic mass is 16.3. The van der Waals surface area contributed by atoms with Gasteiger partial charge in [0.05, 0.1) is 21.8 Å². The number of amides is 2. The van der Waals surface area contributed by atoms with Gasteiger partial charge in [-0.3, -0.25) is 19.2 Å². The molecular weight excluding hydrogens is 472 g/mol. The molecule has 0 radical (unpaired) electrons. The minimum atomic E-state index is -0.869. The normalized spacial score (nSPS) is 10.7. The first-order valence-electron chi connectivity index (χ1n) is 10.7. The van der Waals surface area contributed by atoms with Gasteiger partial charge in [-0.25, -0.2) is 0 Å². The van der Waals surface area contributed by atoms with Crippen LogP contribution < -0.4 is 22.3 Å². The number of phenolic OH excluding ortho intramolecular Hbond substituents is 4. The number of aromatic hydroxyl groups is 4. The molecule has 2 amide bonds. The highest BCUT2D eigenvalue weighted by Crippen LogP contribution is 2.33. The van der Waals surface area contributed by atoms with Gasteiger partial charge >= 0.3 is 0 Å². The summed E-state index contributed by atoms with van der Waals surface area (Å²) in [4.78, 5) is 46.4. The minimum absolute atomic E-state index is 0.104. The first kappa shape index (κ1) is 25.6. The molecule has 12 nitrogen and oxygen atoms in total. The number of nitrogens with two attached hydrogens (primary N) is 2. The number of aromatic nitrogens is 2. The summed E-state index contributed by atoms with van der Waals surface area (Å²) in [6.45, 7) is 4.49. The molecule has 0 atom stereocenters. The standard InChI is InChI=1S/2C12H12N2O4/c1-2-14-5-6(12(13)18)10(16)9-7(14)3-4-8(15)11(9)17;1-2-14-5-7(12(13)18)10(16)6-3-4-8(15)11(17)9(6)14/h2*3-5,15,17H,2H2,1H3,(H2,13,18). The maximum absolute atomic E-state index is 12.0. The maximum atomic E-state index is 12.0. The lowest BCUT2D eigenvalue weighted by Crippen LogP contribution is -2.24. The molecule has 0 fully saturated rings. The number of primary amides is 2. The molecule has 0 saturated heterocycles. The van der Waals surface area contributed by atoms with Crippen LogP contribution in [0.2, 0.25) is 0 Å². The van der Waals surface area contributed by atoms with Crippen molar-refractivity contribution in [1.29, 1.82) is 0 Å². The monoisotopic (exact) mass is 496 g/mol. The van der Waals surface area contributed by atoms with Gasteiger partial charge in [-0.05, 0) is 38.1 Å². The molecule has 2 aromatic carbocycles. The number of pyridine rings is 2. The Morgan fingerprint density at radius 2 is 1.25 bits per heavy atom. The summed E-state index contributed by atoms with van der Waals surface area (Å²) in [7, 11) is 0. The van der Waals surface area contributed by atoms with Gasteiger partial charge in [-0.1, -0.05) is 0 Å².